The number of carbonyl (C=O) groups excluding carboxylic acids is 2. The van der Waals surface area contributed by atoms with Gasteiger partial charge in [-0.15, -0.1) is 0 Å². The number of amides is 2. The van der Waals surface area contributed by atoms with Gasteiger partial charge in [0.05, 0.1) is 22.5 Å². The maximum atomic E-state index is 12.2. The summed E-state index contributed by atoms with van der Waals surface area (Å²) in [4.78, 5) is 25.4. The van der Waals surface area contributed by atoms with E-state index >= 15 is 0 Å². The number of nitrogens with zero attached hydrogens (tertiary/aromatic N) is 1. The van der Waals surface area contributed by atoms with Crippen LogP contribution >= 0.6 is 43.6 Å². The number of ether oxygens (including phenoxy) is 1. The molecule has 2 amide bonds. The lowest BCUT2D eigenvalue weighted by atomic mass is 10.2. The highest BCUT2D eigenvalue weighted by molar-refractivity contribution is 9.11. The summed E-state index contributed by atoms with van der Waals surface area (Å²) in [5.74, 6) is -0.362. The lowest BCUT2D eigenvalue weighted by Gasteiger charge is -2.10. The maximum absolute atomic E-state index is 12.2. The third-order valence-corrected chi connectivity index (χ3v) is 4.71. The molecule has 1 N–H and O–H groups in total. The Morgan fingerprint density at radius 1 is 1.38 bits per heavy atom. The van der Waals surface area contributed by atoms with Crippen LogP contribution in [0.3, 0.4) is 0 Å². The van der Waals surface area contributed by atoms with E-state index in [2.05, 4.69) is 31.9 Å². The van der Waals surface area contributed by atoms with Gasteiger partial charge >= 0.3 is 0 Å². The van der Waals surface area contributed by atoms with Gasteiger partial charge < -0.3 is 9.84 Å². The number of carbonyl (C=O) groups is 2. The van der Waals surface area contributed by atoms with E-state index in [1.165, 1.54) is 13.2 Å². The van der Waals surface area contributed by atoms with E-state index in [-0.39, 0.29) is 28.3 Å². The number of rotatable bonds is 4. The van der Waals surface area contributed by atoms with Crippen LogP contribution in [0.5, 0.6) is 5.75 Å². The van der Waals surface area contributed by atoms with Crippen LogP contribution < -0.4 is 0 Å². The van der Waals surface area contributed by atoms with E-state index in [1.54, 1.807) is 12.1 Å². The number of hydrogen-bond acceptors (Lipinski definition) is 5. The summed E-state index contributed by atoms with van der Waals surface area (Å²) in [5, 5.41) is 9.65. The molecule has 5 nitrogen and oxygen atoms in total. The molecule has 1 fully saturated rings. The van der Waals surface area contributed by atoms with Gasteiger partial charge in [0.1, 0.15) is 5.75 Å². The van der Waals surface area contributed by atoms with Gasteiger partial charge in [0.25, 0.3) is 11.1 Å². The van der Waals surface area contributed by atoms with Crippen LogP contribution in [-0.2, 0) is 9.53 Å². The van der Waals surface area contributed by atoms with Crippen molar-refractivity contribution in [3.63, 3.8) is 0 Å². The summed E-state index contributed by atoms with van der Waals surface area (Å²) in [6.07, 6.45) is 1.50. The Morgan fingerprint density at radius 2 is 2.10 bits per heavy atom. The minimum atomic E-state index is -0.377. The standard InChI is InChI=1S/C13H11Br2NO4S/c1-20-3-2-16-12(18)10(21-13(16)19)5-7-4-8(14)6-9(15)11(7)17/h4-6,17H,2-3H2,1H3/b10-5+. The lowest BCUT2D eigenvalue weighted by Crippen LogP contribution is -2.31. The molecule has 0 saturated carbocycles. The zero-order valence-electron chi connectivity index (χ0n) is 10.9. The van der Waals surface area contributed by atoms with Gasteiger partial charge in [-0.1, -0.05) is 15.9 Å². The van der Waals surface area contributed by atoms with E-state index in [0.717, 1.165) is 21.1 Å². The highest BCUT2D eigenvalue weighted by atomic mass is 79.9. The number of phenolic OH excluding ortho intramolecular Hbond substituents is 1. The molecule has 112 valence electrons. The molecule has 1 aromatic carbocycles. The monoisotopic (exact) mass is 435 g/mol. The predicted octanol–water partition coefficient (Wildman–Crippen LogP) is 3.60. The van der Waals surface area contributed by atoms with E-state index in [0.29, 0.717) is 16.6 Å². The number of hydrogen-bond donors (Lipinski definition) is 1. The number of halogens is 2. The quantitative estimate of drug-likeness (QED) is 0.730. The molecule has 0 aliphatic carbocycles. The van der Waals surface area contributed by atoms with E-state index in [4.69, 9.17) is 4.74 Å². The minimum absolute atomic E-state index is 0.0156. The topological polar surface area (TPSA) is 66.8 Å². The van der Waals surface area contributed by atoms with Gasteiger partial charge in [-0.2, -0.15) is 0 Å². The predicted molar refractivity (Wildman–Crippen MR) is 88.1 cm³/mol. The first-order chi connectivity index (χ1) is 9.93. The number of benzene rings is 1. The number of phenols is 1. The SMILES string of the molecule is COCCN1C(=O)S/C(=C/c2cc(Br)cc(Br)c2O)C1=O. The van der Waals surface area contributed by atoms with Gasteiger partial charge in [-0.25, -0.2) is 0 Å². The van der Waals surface area contributed by atoms with Gasteiger partial charge in [-0.3, -0.25) is 14.5 Å². The van der Waals surface area contributed by atoms with Crippen LogP contribution in [0.2, 0.25) is 0 Å². The number of thioether (sulfide) groups is 1. The second-order valence-electron chi connectivity index (χ2n) is 4.15. The van der Waals surface area contributed by atoms with Crippen LogP contribution in [0.25, 0.3) is 6.08 Å². The Morgan fingerprint density at radius 3 is 2.76 bits per heavy atom. The largest absolute Gasteiger partial charge is 0.506 e. The van der Waals surface area contributed by atoms with E-state index < -0.39 is 0 Å². The third kappa shape index (κ3) is 3.68. The second kappa shape index (κ2) is 6.95. The molecule has 0 bridgehead atoms. The molecule has 8 heteroatoms. The Hall–Kier alpha value is -0.830. The molecule has 1 aliphatic heterocycles. The average Bonchev–Trinajstić information content (AvgIpc) is 2.68. The van der Waals surface area contributed by atoms with Crippen molar-refractivity contribution < 1.29 is 19.4 Å². The molecule has 2 rings (SSSR count). The van der Waals surface area contributed by atoms with Crippen molar-refractivity contribution in [3.05, 3.63) is 31.5 Å². The maximum Gasteiger partial charge on any atom is 0.293 e. The van der Waals surface area contributed by atoms with E-state index in [1.807, 2.05) is 0 Å². The third-order valence-electron chi connectivity index (χ3n) is 2.74. The Kier molecular flexibility index (Phi) is 5.48. The molecule has 0 aromatic heterocycles. The van der Waals surface area contributed by atoms with Crippen LogP contribution in [0, 0.1) is 0 Å². The van der Waals surface area contributed by atoms with Gasteiger partial charge in [-0.05, 0) is 45.9 Å². The summed E-state index contributed by atoms with van der Waals surface area (Å²) in [5.41, 5.74) is 0.452. The molecular weight excluding hydrogens is 426 g/mol. The fourth-order valence-corrected chi connectivity index (χ4v) is 3.83. The molecule has 1 heterocycles. The first-order valence-electron chi connectivity index (χ1n) is 5.86. The molecular formula is C13H11Br2NO4S. The highest BCUT2D eigenvalue weighted by Crippen LogP contribution is 2.37. The summed E-state index contributed by atoms with van der Waals surface area (Å²) in [7, 11) is 1.51. The first kappa shape index (κ1) is 16.5. The molecule has 0 atom stereocenters. The molecule has 0 radical (unpaired) electrons. The molecule has 1 aromatic rings. The summed E-state index contributed by atoms with van der Waals surface area (Å²) >= 11 is 7.39. The second-order valence-corrected chi connectivity index (χ2v) is 6.91. The number of methoxy groups -OCH3 is 1. The zero-order chi connectivity index (χ0) is 15.6. The van der Waals surface area contributed by atoms with Crippen molar-refractivity contribution in [2.45, 2.75) is 0 Å². The van der Waals surface area contributed by atoms with Crippen molar-refractivity contribution in [2.75, 3.05) is 20.3 Å². The normalized spacial score (nSPS) is 17.1. The Bertz CT molecular complexity index is 633. The van der Waals surface area contributed by atoms with Gasteiger partial charge in [0, 0.05) is 17.1 Å². The fraction of sp³-hybridized carbons (Fsp3) is 0.231. The van der Waals surface area contributed by atoms with Crippen LogP contribution in [0.15, 0.2) is 26.0 Å². The first-order valence-corrected chi connectivity index (χ1v) is 8.26. The van der Waals surface area contributed by atoms with Crippen molar-refractivity contribution in [1.29, 1.82) is 0 Å². The van der Waals surface area contributed by atoms with Crippen LogP contribution in [0.4, 0.5) is 4.79 Å². The Labute approximate surface area is 142 Å². The van der Waals surface area contributed by atoms with Crippen molar-refractivity contribution in [1.82, 2.24) is 4.90 Å². The van der Waals surface area contributed by atoms with Gasteiger partial charge in [0.2, 0.25) is 0 Å². The van der Waals surface area contributed by atoms with Crippen LogP contribution in [-0.4, -0.2) is 41.4 Å². The van der Waals surface area contributed by atoms with Crippen LogP contribution in [0.1, 0.15) is 5.56 Å². The highest BCUT2D eigenvalue weighted by Gasteiger charge is 2.34. The summed E-state index contributed by atoms with van der Waals surface area (Å²) in [6, 6.07) is 3.36. The Balaban J connectivity index is 2.31. The minimum Gasteiger partial charge on any atom is -0.506 e. The number of aromatic hydroxyl groups is 1. The number of imide groups is 1. The molecule has 1 aliphatic rings. The lowest BCUT2D eigenvalue weighted by molar-refractivity contribution is -0.123. The average molecular weight is 437 g/mol. The van der Waals surface area contributed by atoms with Crippen molar-refractivity contribution >= 4 is 60.8 Å². The molecule has 0 spiro atoms. The zero-order valence-corrected chi connectivity index (χ0v) is 14.9. The van der Waals surface area contributed by atoms with Crippen molar-refractivity contribution in [2.24, 2.45) is 0 Å². The van der Waals surface area contributed by atoms with Gasteiger partial charge in [0.15, 0.2) is 0 Å². The van der Waals surface area contributed by atoms with E-state index in [9.17, 15) is 14.7 Å². The smallest absolute Gasteiger partial charge is 0.293 e. The summed E-state index contributed by atoms with van der Waals surface area (Å²) in [6.45, 7) is 0.506. The molecule has 1 saturated heterocycles. The summed E-state index contributed by atoms with van der Waals surface area (Å²) < 4.78 is 6.13. The van der Waals surface area contributed by atoms with Crippen molar-refractivity contribution in [3.8, 4) is 5.75 Å². The fourth-order valence-electron chi connectivity index (χ4n) is 1.71. The molecule has 21 heavy (non-hydrogen) atoms. The molecule has 0 unspecified atom stereocenters.